The van der Waals surface area contributed by atoms with Crippen molar-refractivity contribution < 1.29 is 4.74 Å². The molecule has 0 unspecified atom stereocenters. The maximum atomic E-state index is 5.89. The van der Waals surface area contributed by atoms with Gasteiger partial charge in [-0.3, -0.25) is 0 Å². The second-order valence-electron chi connectivity index (χ2n) is 4.30. The van der Waals surface area contributed by atoms with Gasteiger partial charge in [0.1, 0.15) is 0 Å². The molecule has 0 spiro atoms. The molecule has 3 aromatic rings. The molecule has 0 fully saturated rings. The van der Waals surface area contributed by atoms with E-state index >= 15 is 0 Å². The highest BCUT2D eigenvalue weighted by atomic mass is 35.5. The molecule has 0 saturated heterocycles. The Bertz CT molecular complexity index is 773. The summed E-state index contributed by atoms with van der Waals surface area (Å²) in [7, 11) is 0. The van der Waals surface area contributed by atoms with E-state index in [1.165, 1.54) is 0 Å². The number of rotatable bonds is 4. The van der Waals surface area contributed by atoms with Gasteiger partial charge in [-0.2, -0.15) is 15.0 Å². The predicted molar refractivity (Wildman–Crippen MR) is 83.2 cm³/mol. The zero-order chi connectivity index (χ0) is 14.7. The van der Waals surface area contributed by atoms with Crippen LogP contribution in [0, 0.1) is 0 Å². The Kier molecular flexibility index (Phi) is 3.83. The smallest absolute Gasteiger partial charge is 0.322 e. The van der Waals surface area contributed by atoms with Crippen molar-refractivity contribution >= 4 is 34.0 Å². The molecule has 21 heavy (non-hydrogen) atoms. The summed E-state index contributed by atoms with van der Waals surface area (Å²) in [6, 6.07) is 14.2. The van der Waals surface area contributed by atoms with Crippen LogP contribution in [0.3, 0.4) is 0 Å². The normalized spacial score (nSPS) is 10.6. The molecular weight excluding hydrogens is 288 g/mol. The van der Waals surface area contributed by atoms with Crippen LogP contribution in [0.1, 0.15) is 6.92 Å². The summed E-state index contributed by atoms with van der Waals surface area (Å²) in [5.74, 6) is 0.356. The van der Waals surface area contributed by atoms with E-state index in [1.807, 2.05) is 49.4 Å². The first-order chi connectivity index (χ1) is 10.3. The van der Waals surface area contributed by atoms with Gasteiger partial charge in [-0.05, 0) is 30.0 Å². The van der Waals surface area contributed by atoms with Crippen LogP contribution in [0.4, 0.5) is 11.6 Å². The quantitative estimate of drug-likeness (QED) is 0.793. The van der Waals surface area contributed by atoms with Gasteiger partial charge in [0.25, 0.3) is 0 Å². The van der Waals surface area contributed by atoms with E-state index in [-0.39, 0.29) is 11.3 Å². The van der Waals surface area contributed by atoms with Crippen molar-refractivity contribution in [1.82, 2.24) is 15.0 Å². The van der Waals surface area contributed by atoms with Gasteiger partial charge in [0.2, 0.25) is 11.2 Å². The van der Waals surface area contributed by atoms with Crippen LogP contribution in [-0.2, 0) is 0 Å². The molecule has 2 aromatic carbocycles. The number of fused-ring (bicyclic) bond motifs is 1. The van der Waals surface area contributed by atoms with E-state index in [1.54, 1.807) is 0 Å². The Morgan fingerprint density at radius 3 is 2.71 bits per heavy atom. The first kappa shape index (κ1) is 13.6. The number of halogens is 1. The molecule has 0 bridgehead atoms. The SMILES string of the molecule is CCOc1nc(Cl)nc(Nc2cccc3ccccc23)n1. The summed E-state index contributed by atoms with van der Waals surface area (Å²) < 4.78 is 5.27. The van der Waals surface area contributed by atoms with Gasteiger partial charge in [0, 0.05) is 11.1 Å². The van der Waals surface area contributed by atoms with E-state index in [9.17, 15) is 0 Å². The molecule has 1 heterocycles. The van der Waals surface area contributed by atoms with Gasteiger partial charge in [0.05, 0.1) is 6.61 Å². The van der Waals surface area contributed by atoms with Gasteiger partial charge in [-0.15, -0.1) is 0 Å². The average molecular weight is 301 g/mol. The van der Waals surface area contributed by atoms with Gasteiger partial charge in [-0.25, -0.2) is 0 Å². The van der Waals surface area contributed by atoms with Crippen LogP contribution < -0.4 is 10.1 Å². The second-order valence-corrected chi connectivity index (χ2v) is 4.63. The number of nitrogens with one attached hydrogen (secondary N) is 1. The van der Waals surface area contributed by atoms with E-state index in [4.69, 9.17) is 16.3 Å². The third-order valence-electron chi connectivity index (χ3n) is 2.90. The molecule has 0 aliphatic heterocycles. The molecule has 5 nitrogen and oxygen atoms in total. The van der Waals surface area contributed by atoms with Gasteiger partial charge < -0.3 is 10.1 Å². The van der Waals surface area contributed by atoms with Crippen molar-refractivity contribution in [3.8, 4) is 6.01 Å². The van der Waals surface area contributed by atoms with Crippen LogP contribution in [-0.4, -0.2) is 21.6 Å². The van der Waals surface area contributed by atoms with Crippen LogP contribution in [0.2, 0.25) is 5.28 Å². The first-order valence-corrected chi connectivity index (χ1v) is 6.93. The monoisotopic (exact) mass is 300 g/mol. The Balaban J connectivity index is 1.98. The molecule has 0 amide bonds. The van der Waals surface area contributed by atoms with E-state index in [0.717, 1.165) is 16.5 Å². The number of benzene rings is 2. The predicted octanol–water partition coefficient (Wildman–Crippen LogP) is 3.82. The van der Waals surface area contributed by atoms with Crippen molar-refractivity contribution in [3.63, 3.8) is 0 Å². The standard InChI is InChI=1S/C15H13ClN4O/c1-2-21-15-19-13(16)18-14(20-15)17-12-9-5-7-10-6-3-4-8-11(10)12/h3-9H,2H2,1H3,(H,17,18,19,20). The Labute approximate surface area is 127 Å². The summed E-state index contributed by atoms with van der Waals surface area (Å²) in [6.45, 7) is 2.32. The highest BCUT2D eigenvalue weighted by Gasteiger charge is 2.07. The lowest BCUT2D eigenvalue weighted by molar-refractivity contribution is 0.312. The van der Waals surface area contributed by atoms with Crippen LogP contribution in [0.5, 0.6) is 6.01 Å². The minimum atomic E-state index is 0.0937. The van der Waals surface area contributed by atoms with Crippen LogP contribution >= 0.6 is 11.6 Å². The summed E-state index contributed by atoms with van der Waals surface area (Å²) in [5, 5.41) is 5.46. The second kappa shape index (κ2) is 5.93. The maximum absolute atomic E-state index is 5.89. The fourth-order valence-electron chi connectivity index (χ4n) is 2.04. The molecule has 6 heteroatoms. The van der Waals surface area contributed by atoms with E-state index in [0.29, 0.717) is 12.6 Å². The van der Waals surface area contributed by atoms with Gasteiger partial charge in [-0.1, -0.05) is 36.4 Å². The van der Waals surface area contributed by atoms with Crippen molar-refractivity contribution in [1.29, 1.82) is 0 Å². The van der Waals surface area contributed by atoms with Crippen molar-refractivity contribution in [2.45, 2.75) is 6.92 Å². The average Bonchev–Trinajstić information content (AvgIpc) is 2.47. The zero-order valence-corrected chi connectivity index (χ0v) is 12.1. The Hall–Kier alpha value is -2.40. The summed E-state index contributed by atoms with van der Waals surface area (Å²) in [5.41, 5.74) is 0.901. The summed E-state index contributed by atoms with van der Waals surface area (Å²) in [6.07, 6.45) is 0. The minimum Gasteiger partial charge on any atom is -0.464 e. The topological polar surface area (TPSA) is 59.9 Å². The molecule has 3 rings (SSSR count). The van der Waals surface area contributed by atoms with Crippen LogP contribution in [0.15, 0.2) is 42.5 Å². The van der Waals surface area contributed by atoms with E-state index in [2.05, 4.69) is 20.3 Å². The highest BCUT2D eigenvalue weighted by Crippen LogP contribution is 2.25. The lowest BCUT2D eigenvalue weighted by atomic mass is 10.1. The van der Waals surface area contributed by atoms with Gasteiger partial charge >= 0.3 is 6.01 Å². The Morgan fingerprint density at radius 2 is 1.86 bits per heavy atom. The lowest BCUT2D eigenvalue weighted by Gasteiger charge is -2.09. The molecule has 1 aromatic heterocycles. The number of hydrogen-bond donors (Lipinski definition) is 1. The fourth-order valence-corrected chi connectivity index (χ4v) is 2.19. The third-order valence-corrected chi connectivity index (χ3v) is 3.07. The summed E-state index contributed by atoms with van der Waals surface area (Å²) >= 11 is 5.89. The number of aromatic nitrogens is 3. The molecule has 1 N–H and O–H groups in total. The minimum absolute atomic E-state index is 0.0937. The third kappa shape index (κ3) is 3.03. The van der Waals surface area contributed by atoms with Crippen molar-refractivity contribution in [3.05, 3.63) is 47.7 Å². The molecule has 0 aliphatic carbocycles. The number of anilines is 2. The van der Waals surface area contributed by atoms with E-state index < -0.39 is 0 Å². The Morgan fingerprint density at radius 1 is 1.05 bits per heavy atom. The zero-order valence-electron chi connectivity index (χ0n) is 11.4. The van der Waals surface area contributed by atoms with Gasteiger partial charge in [0.15, 0.2) is 0 Å². The largest absolute Gasteiger partial charge is 0.464 e. The number of ether oxygens (including phenoxy) is 1. The maximum Gasteiger partial charge on any atom is 0.322 e. The molecule has 0 aliphatic rings. The van der Waals surface area contributed by atoms with Crippen molar-refractivity contribution in [2.24, 2.45) is 0 Å². The lowest BCUT2D eigenvalue weighted by Crippen LogP contribution is -2.04. The fraction of sp³-hybridized carbons (Fsp3) is 0.133. The molecule has 0 radical (unpaired) electrons. The molecule has 0 atom stereocenters. The van der Waals surface area contributed by atoms with Crippen LogP contribution in [0.25, 0.3) is 10.8 Å². The molecule has 106 valence electrons. The summed E-state index contributed by atoms with van der Waals surface area (Å²) in [4.78, 5) is 12.2. The number of hydrogen-bond acceptors (Lipinski definition) is 5. The highest BCUT2D eigenvalue weighted by molar-refractivity contribution is 6.28. The first-order valence-electron chi connectivity index (χ1n) is 6.55. The molecule has 0 saturated carbocycles. The number of nitrogens with zero attached hydrogens (tertiary/aromatic N) is 3. The van der Waals surface area contributed by atoms with Crippen molar-refractivity contribution in [2.75, 3.05) is 11.9 Å². The molecular formula is C15H13ClN4O.